The molecule has 32 heavy (non-hydrogen) atoms. The molecule has 0 bridgehead atoms. The number of amides is 1. The van der Waals surface area contributed by atoms with Crippen molar-refractivity contribution in [2.75, 3.05) is 32.4 Å². The van der Waals surface area contributed by atoms with E-state index in [1.165, 1.54) is 17.6 Å². The molecule has 1 saturated heterocycles. The van der Waals surface area contributed by atoms with E-state index in [4.69, 9.17) is 4.98 Å². The zero-order valence-corrected chi connectivity index (χ0v) is 19.6. The number of carbonyl (C=O) groups excluding carboxylic acids is 1. The van der Waals surface area contributed by atoms with Gasteiger partial charge in [-0.2, -0.15) is 0 Å². The normalized spacial score (nSPS) is 15.6. The average molecular weight is 469 g/mol. The molecule has 1 aliphatic rings. The fourth-order valence-corrected chi connectivity index (χ4v) is 6.05. The van der Waals surface area contributed by atoms with Gasteiger partial charge in [-0.05, 0) is 18.2 Å². The molecule has 0 radical (unpaired) electrons. The summed E-state index contributed by atoms with van der Waals surface area (Å²) in [6.07, 6.45) is 1.23. The minimum absolute atomic E-state index is 0.117. The molecular weight excluding hydrogens is 444 g/mol. The number of benzene rings is 2. The van der Waals surface area contributed by atoms with E-state index in [1.54, 1.807) is 19.1 Å². The van der Waals surface area contributed by atoms with Gasteiger partial charge >= 0.3 is 0 Å². The van der Waals surface area contributed by atoms with Crippen LogP contribution in [0.5, 0.6) is 0 Å². The highest BCUT2D eigenvalue weighted by Crippen LogP contribution is 2.34. The number of nitrogens with zero attached hydrogens (tertiary/aromatic N) is 4. The predicted molar refractivity (Wildman–Crippen MR) is 127 cm³/mol. The third-order valence-electron chi connectivity index (χ3n) is 5.98. The van der Waals surface area contributed by atoms with Crippen LogP contribution in [0.4, 0.5) is 0 Å². The second-order valence-corrected chi connectivity index (χ2v) is 11.2. The Morgan fingerprint density at radius 1 is 1.06 bits per heavy atom. The maximum Gasteiger partial charge on any atom is 0.219 e. The van der Waals surface area contributed by atoms with Gasteiger partial charge in [0, 0.05) is 51.5 Å². The standard InChI is InChI=1S/C23H24N4O3S2/c1-16(28)26-12-10-25(11-13-26)15-20-22(17-6-4-3-5-7-17)24-23-27(20)19-9-8-18(32(2,29)30)14-21(19)31-23/h3-9,14H,10-13,15H2,1-2H3. The van der Waals surface area contributed by atoms with Gasteiger partial charge in [-0.1, -0.05) is 41.7 Å². The quantitative estimate of drug-likeness (QED) is 0.460. The minimum atomic E-state index is -3.27. The van der Waals surface area contributed by atoms with Crippen LogP contribution in [0.2, 0.25) is 0 Å². The summed E-state index contributed by atoms with van der Waals surface area (Å²) in [5, 5.41) is 0. The summed E-state index contributed by atoms with van der Waals surface area (Å²) in [6, 6.07) is 15.4. The molecule has 1 amide bonds. The van der Waals surface area contributed by atoms with Crippen LogP contribution in [0.3, 0.4) is 0 Å². The fourth-order valence-electron chi connectivity index (χ4n) is 4.24. The van der Waals surface area contributed by atoms with Gasteiger partial charge in [0.05, 0.1) is 26.5 Å². The zero-order valence-electron chi connectivity index (χ0n) is 18.0. The van der Waals surface area contributed by atoms with Crippen molar-refractivity contribution in [1.29, 1.82) is 0 Å². The summed E-state index contributed by atoms with van der Waals surface area (Å²) in [4.78, 5) is 22.1. The van der Waals surface area contributed by atoms with Crippen molar-refractivity contribution in [3.05, 3.63) is 54.2 Å². The van der Waals surface area contributed by atoms with Gasteiger partial charge in [-0.15, -0.1) is 0 Å². The molecule has 0 unspecified atom stereocenters. The second kappa shape index (κ2) is 7.99. The van der Waals surface area contributed by atoms with Gasteiger partial charge in [0.15, 0.2) is 14.8 Å². The second-order valence-electron chi connectivity index (χ2n) is 8.18. The van der Waals surface area contributed by atoms with Gasteiger partial charge in [-0.25, -0.2) is 13.4 Å². The molecule has 0 atom stereocenters. The first-order chi connectivity index (χ1) is 15.3. The molecule has 4 aromatic rings. The molecule has 166 valence electrons. The summed E-state index contributed by atoms with van der Waals surface area (Å²) < 4.78 is 27.1. The van der Waals surface area contributed by atoms with Crippen LogP contribution in [0, 0.1) is 0 Å². The molecule has 5 rings (SSSR count). The molecule has 9 heteroatoms. The van der Waals surface area contributed by atoms with Crippen LogP contribution in [-0.2, 0) is 21.2 Å². The number of rotatable bonds is 4. The number of fused-ring (bicyclic) bond motifs is 3. The van der Waals surface area contributed by atoms with E-state index in [1.807, 2.05) is 29.2 Å². The number of sulfone groups is 1. The number of imidazole rings is 1. The van der Waals surface area contributed by atoms with Crippen LogP contribution in [0.25, 0.3) is 26.4 Å². The van der Waals surface area contributed by atoms with Crippen LogP contribution < -0.4 is 0 Å². The Bertz CT molecular complexity index is 1420. The molecule has 2 aromatic carbocycles. The zero-order chi connectivity index (χ0) is 22.5. The molecule has 3 heterocycles. The summed E-state index contributed by atoms with van der Waals surface area (Å²) in [5.41, 5.74) is 4.05. The lowest BCUT2D eigenvalue weighted by Crippen LogP contribution is -2.47. The lowest BCUT2D eigenvalue weighted by atomic mass is 10.1. The number of hydrogen-bond donors (Lipinski definition) is 0. The van der Waals surface area contributed by atoms with Crippen molar-refractivity contribution in [2.45, 2.75) is 18.4 Å². The third kappa shape index (κ3) is 3.80. The molecule has 2 aromatic heterocycles. The maximum absolute atomic E-state index is 12.0. The Hall–Kier alpha value is -2.75. The highest BCUT2D eigenvalue weighted by Gasteiger charge is 2.24. The summed E-state index contributed by atoms with van der Waals surface area (Å²) >= 11 is 1.50. The van der Waals surface area contributed by atoms with Crippen LogP contribution in [-0.4, -0.2) is 65.9 Å². The first kappa shape index (κ1) is 21.1. The van der Waals surface area contributed by atoms with Crippen molar-refractivity contribution < 1.29 is 13.2 Å². The van der Waals surface area contributed by atoms with Crippen molar-refractivity contribution >= 4 is 42.3 Å². The van der Waals surface area contributed by atoms with Gasteiger partial charge in [0.1, 0.15) is 0 Å². The third-order valence-corrected chi connectivity index (χ3v) is 8.10. The van der Waals surface area contributed by atoms with Crippen LogP contribution >= 0.6 is 11.3 Å². The molecular formula is C23H24N4O3S2. The van der Waals surface area contributed by atoms with Crippen molar-refractivity contribution in [3.63, 3.8) is 0 Å². The van der Waals surface area contributed by atoms with E-state index in [-0.39, 0.29) is 5.91 Å². The molecule has 1 aliphatic heterocycles. The summed E-state index contributed by atoms with van der Waals surface area (Å²) in [6.45, 7) is 5.38. The Labute approximate surface area is 190 Å². The van der Waals surface area contributed by atoms with Crippen LogP contribution in [0.15, 0.2) is 53.4 Å². The first-order valence-corrected chi connectivity index (χ1v) is 13.2. The maximum atomic E-state index is 12.0. The van der Waals surface area contributed by atoms with E-state index in [9.17, 15) is 13.2 Å². The monoisotopic (exact) mass is 468 g/mol. The smallest absolute Gasteiger partial charge is 0.219 e. The molecule has 1 fully saturated rings. The van der Waals surface area contributed by atoms with Gasteiger partial charge in [0.2, 0.25) is 5.91 Å². The van der Waals surface area contributed by atoms with Gasteiger partial charge < -0.3 is 4.90 Å². The Balaban J connectivity index is 1.61. The van der Waals surface area contributed by atoms with Crippen molar-refractivity contribution in [3.8, 4) is 11.3 Å². The van der Waals surface area contributed by atoms with Gasteiger partial charge in [0.25, 0.3) is 0 Å². The minimum Gasteiger partial charge on any atom is -0.340 e. The summed E-state index contributed by atoms with van der Waals surface area (Å²) in [7, 11) is -3.27. The SMILES string of the molecule is CC(=O)N1CCN(Cc2c(-c3ccccc3)nc3sc4cc(S(C)(=O)=O)ccc4n23)CC1. The summed E-state index contributed by atoms with van der Waals surface area (Å²) in [5.74, 6) is 0.117. The Morgan fingerprint density at radius 3 is 2.44 bits per heavy atom. The largest absolute Gasteiger partial charge is 0.340 e. The lowest BCUT2D eigenvalue weighted by molar-refractivity contribution is -0.130. The molecule has 0 spiro atoms. The highest BCUT2D eigenvalue weighted by atomic mass is 32.2. The predicted octanol–water partition coefficient (Wildman–Crippen LogP) is 3.28. The molecule has 0 N–H and O–H groups in total. The molecule has 7 nitrogen and oxygen atoms in total. The van der Waals surface area contributed by atoms with Crippen molar-refractivity contribution in [1.82, 2.24) is 19.2 Å². The van der Waals surface area contributed by atoms with E-state index >= 15 is 0 Å². The fraction of sp³-hybridized carbons (Fsp3) is 0.304. The Kier molecular flexibility index (Phi) is 5.27. The number of piperazine rings is 1. The van der Waals surface area contributed by atoms with Gasteiger partial charge in [-0.3, -0.25) is 14.1 Å². The van der Waals surface area contributed by atoms with E-state index in [2.05, 4.69) is 21.4 Å². The number of hydrogen-bond acceptors (Lipinski definition) is 6. The number of aromatic nitrogens is 2. The number of carbonyl (C=O) groups is 1. The van der Waals surface area contributed by atoms with E-state index in [0.29, 0.717) is 11.4 Å². The van der Waals surface area contributed by atoms with Crippen molar-refractivity contribution in [2.24, 2.45) is 0 Å². The first-order valence-electron chi connectivity index (χ1n) is 10.5. The number of thiazole rings is 1. The van der Waals surface area contributed by atoms with E-state index in [0.717, 1.165) is 58.3 Å². The Morgan fingerprint density at radius 2 is 1.78 bits per heavy atom. The van der Waals surface area contributed by atoms with E-state index < -0.39 is 9.84 Å². The molecule has 0 aliphatic carbocycles. The lowest BCUT2D eigenvalue weighted by Gasteiger charge is -2.34. The topological polar surface area (TPSA) is 75.0 Å². The average Bonchev–Trinajstić information content (AvgIpc) is 3.30. The van der Waals surface area contributed by atoms with Crippen LogP contribution in [0.1, 0.15) is 12.6 Å². The highest BCUT2D eigenvalue weighted by molar-refractivity contribution is 7.90. The molecule has 0 saturated carbocycles.